The molecule has 0 heterocycles. The van der Waals surface area contributed by atoms with E-state index >= 15 is 0 Å². The average Bonchev–Trinajstić information content (AvgIpc) is 2.70. The molecular weight excluding hydrogens is 398 g/mol. The molecule has 0 radical (unpaired) electrons. The van der Waals surface area contributed by atoms with Crippen LogP contribution in [0.5, 0.6) is 0 Å². The minimum atomic E-state index is -0.570. The summed E-state index contributed by atoms with van der Waals surface area (Å²) in [4.78, 5) is 34.7. The van der Waals surface area contributed by atoms with E-state index < -0.39 is 23.5 Å². The van der Waals surface area contributed by atoms with Gasteiger partial charge in [0.05, 0.1) is 0 Å². The van der Waals surface area contributed by atoms with Crippen LogP contribution in [-0.2, 0) is 9.53 Å². The molecule has 0 bridgehead atoms. The quantitative estimate of drug-likeness (QED) is 0.302. The van der Waals surface area contributed by atoms with Gasteiger partial charge >= 0.3 is 6.09 Å². The Morgan fingerprint density at radius 1 is 0.968 bits per heavy atom. The van der Waals surface area contributed by atoms with Crippen molar-refractivity contribution < 1.29 is 24.3 Å². The van der Waals surface area contributed by atoms with Crippen molar-refractivity contribution in [1.29, 1.82) is 0 Å². The summed E-state index contributed by atoms with van der Waals surface area (Å²) in [5.41, 5.74) is 1.87. The van der Waals surface area contributed by atoms with E-state index in [1.807, 2.05) is 0 Å². The van der Waals surface area contributed by atoms with Gasteiger partial charge in [-0.3, -0.25) is 20.1 Å². The number of amides is 3. The Bertz CT molecular complexity index is 997. The van der Waals surface area contributed by atoms with Gasteiger partial charge in [0.25, 0.3) is 5.91 Å². The maximum absolute atomic E-state index is 12.0. The van der Waals surface area contributed by atoms with Crippen molar-refractivity contribution in [3.8, 4) is 11.8 Å². The molecule has 0 spiro atoms. The molecule has 0 aliphatic carbocycles. The summed E-state index contributed by atoms with van der Waals surface area (Å²) >= 11 is 0. The molecule has 2 aromatic carbocycles. The summed E-state index contributed by atoms with van der Waals surface area (Å²) in [5, 5.41) is 14.8. The Morgan fingerprint density at radius 3 is 1.97 bits per heavy atom. The van der Waals surface area contributed by atoms with Crippen molar-refractivity contribution in [1.82, 2.24) is 10.4 Å². The molecular formula is C23H25N3O5. The molecule has 162 valence electrons. The number of nitrogens with one attached hydrogen (secondary N) is 2. The second kappa shape index (κ2) is 10.3. The zero-order valence-corrected chi connectivity index (χ0v) is 17.9. The number of carbonyl (C=O) groups is 3. The minimum absolute atomic E-state index is 0.297. The van der Waals surface area contributed by atoms with E-state index in [0.717, 1.165) is 5.56 Å². The molecule has 31 heavy (non-hydrogen) atoms. The summed E-state index contributed by atoms with van der Waals surface area (Å²) < 4.78 is 5.20. The summed E-state index contributed by atoms with van der Waals surface area (Å²) in [6.45, 7) is 6.27. The maximum atomic E-state index is 12.0. The third-order valence-corrected chi connectivity index (χ3v) is 3.78. The van der Waals surface area contributed by atoms with Gasteiger partial charge in [-0.2, -0.15) is 0 Å². The van der Waals surface area contributed by atoms with Crippen molar-refractivity contribution in [2.24, 2.45) is 0 Å². The van der Waals surface area contributed by atoms with E-state index in [-0.39, 0.29) is 6.67 Å². The molecule has 3 N–H and O–H groups in total. The highest BCUT2D eigenvalue weighted by atomic mass is 16.6. The SMILES string of the molecule is CC(=O)N(O)CNC(=O)c1ccc(C#Cc2ccc(NC(=O)OC(C)(C)C)cc2)cc1. The lowest BCUT2D eigenvalue weighted by molar-refractivity contribution is -0.163. The van der Waals surface area contributed by atoms with Crippen LogP contribution in [0, 0.1) is 11.8 Å². The summed E-state index contributed by atoms with van der Waals surface area (Å²) in [5.74, 6) is 5.01. The second-order valence-corrected chi connectivity index (χ2v) is 7.61. The highest BCUT2D eigenvalue weighted by Gasteiger charge is 2.16. The number of ether oxygens (including phenoxy) is 1. The van der Waals surface area contributed by atoms with Gasteiger partial charge in [0.2, 0.25) is 5.91 Å². The molecule has 3 amide bonds. The van der Waals surface area contributed by atoms with E-state index in [9.17, 15) is 19.6 Å². The Balaban J connectivity index is 1.94. The summed E-state index contributed by atoms with van der Waals surface area (Å²) in [7, 11) is 0. The lowest BCUT2D eigenvalue weighted by Crippen LogP contribution is -2.38. The van der Waals surface area contributed by atoms with Crippen LogP contribution in [-0.4, -0.2) is 40.4 Å². The molecule has 0 saturated carbocycles. The van der Waals surface area contributed by atoms with Gasteiger partial charge in [-0.25, -0.2) is 9.86 Å². The van der Waals surface area contributed by atoms with Gasteiger partial charge in [0.15, 0.2) is 0 Å². The van der Waals surface area contributed by atoms with E-state index in [4.69, 9.17) is 4.74 Å². The van der Waals surface area contributed by atoms with E-state index in [1.54, 1.807) is 69.3 Å². The molecule has 0 fully saturated rings. The highest BCUT2D eigenvalue weighted by molar-refractivity contribution is 5.94. The first-order chi connectivity index (χ1) is 14.5. The number of carbonyl (C=O) groups excluding carboxylic acids is 3. The Kier molecular flexibility index (Phi) is 7.77. The van der Waals surface area contributed by atoms with Crippen LogP contribution >= 0.6 is 0 Å². The van der Waals surface area contributed by atoms with Crippen molar-refractivity contribution >= 4 is 23.6 Å². The number of rotatable bonds is 4. The first-order valence-corrected chi connectivity index (χ1v) is 9.51. The van der Waals surface area contributed by atoms with Gasteiger partial charge in [0.1, 0.15) is 12.3 Å². The molecule has 2 aromatic rings. The van der Waals surface area contributed by atoms with Crippen LogP contribution in [0.2, 0.25) is 0 Å². The first-order valence-electron chi connectivity index (χ1n) is 9.51. The molecule has 0 atom stereocenters. The van der Waals surface area contributed by atoms with Crippen LogP contribution in [0.3, 0.4) is 0 Å². The maximum Gasteiger partial charge on any atom is 0.412 e. The fourth-order valence-corrected chi connectivity index (χ4v) is 2.27. The average molecular weight is 423 g/mol. The van der Waals surface area contributed by atoms with E-state index in [2.05, 4.69) is 22.5 Å². The van der Waals surface area contributed by atoms with Crippen LogP contribution in [0.15, 0.2) is 48.5 Å². The lowest BCUT2D eigenvalue weighted by Gasteiger charge is -2.19. The molecule has 0 saturated heterocycles. The van der Waals surface area contributed by atoms with Crippen LogP contribution in [0.4, 0.5) is 10.5 Å². The highest BCUT2D eigenvalue weighted by Crippen LogP contribution is 2.13. The van der Waals surface area contributed by atoms with E-state index in [1.165, 1.54) is 6.92 Å². The largest absolute Gasteiger partial charge is 0.444 e. The fourth-order valence-electron chi connectivity index (χ4n) is 2.27. The monoisotopic (exact) mass is 423 g/mol. The summed E-state index contributed by atoms with van der Waals surface area (Å²) in [6.07, 6.45) is -0.525. The predicted molar refractivity (Wildman–Crippen MR) is 115 cm³/mol. The van der Waals surface area contributed by atoms with Gasteiger partial charge in [-0.15, -0.1) is 0 Å². The van der Waals surface area contributed by atoms with Gasteiger partial charge in [0, 0.05) is 29.3 Å². The Morgan fingerprint density at radius 2 is 1.48 bits per heavy atom. The minimum Gasteiger partial charge on any atom is -0.444 e. The van der Waals surface area contributed by atoms with E-state index in [0.29, 0.717) is 21.9 Å². The van der Waals surface area contributed by atoms with Crippen molar-refractivity contribution in [2.45, 2.75) is 33.3 Å². The lowest BCUT2D eigenvalue weighted by atomic mass is 10.1. The van der Waals surface area contributed by atoms with Crippen molar-refractivity contribution in [3.05, 3.63) is 65.2 Å². The molecule has 0 aliphatic rings. The zero-order chi connectivity index (χ0) is 23.0. The van der Waals surface area contributed by atoms with Gasteiger partial charge in [-0.05, 0) is 69.3 Å². The number of benzene rings is 2. The predicted octanol–water partition coefficient (Wildman–Crippen LogP) is 3.36. The molecule has 0 aliphatic heterocycles. The standard InChI is InChI=1S/C23H25N3O5/c1-16(27)26(30)15-24-21(28)19-11-7-17(8-12-19)5-6-18-9-13-20(14-10-18)25-22(29)31-23(2,3)4/h7-14,30H,15H2,1-4H3,(H,24,28)(H,25,29). The smallest absolute Gasteiger partial charge is 0.412 e. The number of hydrogen-bond acceptors (Lipinski definition) is 5. The van der Waals surface area contributed by atoms with Crippen LogP contribution < -0.4 is 10.6 Å². The zero-order valence-electron chi connectivity index (χ0n) is 17.9. The third kappa shape index (κ3) is 8.20. The number of nitrogens with zero attached hydrogens (tertiary/aromatic N) is 1. The number of anilines is 1. The van der Waals surface area contributed by atoms with Crippen molar-refractivity contribution in [2.75, 3.05) is 12.0 Å². The molecule has 0 aromatic heterocycles. The number of hydroxylamine groups is 2. The van der Waals surface area contributed by atoms with Crippen molar-refractivity contribution in [3.63, 3.8) is 0 Å². The van der Waals surface area contributed by atoms with Crippen LogP contribution in [0.1, 0.15) is 49.2 Å². The molecule has 8 nitrogen and oxygen atoms in total. The Hall–Kier alpha value is -3.83. The third-order valence-electron chi connectivity index (χ3n) is 3.78. The molecule has 2 rings (SSSR count). The van der Waals surface area contributed by atoms with Crippen LogP contribution in [0.25, 0.3) is 0 Å². The Labute approximate surface area is 181 Å². The molecule has 8 heteroatoms. The first kappa shape index (κ1) is 23.4. The molecule has 0 unspecified atom stereocenters. The van der Waals surface area contributed by atoms with Gasteiger partial charge in [-0.1, -0.05) is 11.8 Å². The normalized spacial score (nSPS) is 10.4. The second-order valence-electron chi connectivity index (χ2n) is 7.61. The fraction of sp³-hybridized carbons (Fsp3) is 0.261. The topological polar surface area (TPSA) is 108 Å². The van der Waals surface area contributed by atoms with Gasteiger partial charge < -0.3 is 10.1 Å². The summed E-state index contributed by atoms with van der Waals surface area (Å²) in [6, 6.07) is 13.6. The number of hydrogen-bond donors (Lipinski definition) is 3.